The minimum Gasteiger partial charge on any atom is -0.478 e. The summed E-state index contributed by atoms with van der Waals surface area (Å²) in [5.74, 6) is -0.981. The highest BCUT2D eigenvalue weighted by Gasteiger charge is 2.06. The Bertz CT molecular complexity index is 579. The monoisotopic (exact) mass is 255 g/mol. The number of rotatable bonds is 5. The molecule has 0 aliphatic rings. The van der Waals surface area contributed by atoms with Gasteiger partial charge in [0.1, 0.15) is 6.61 Å². The highest BCUT2D eigenvalue weighted by atomic mass is 16.6. The Balaban J connectivity index is 1.98. The Morgan fingerprint density at radius 1 is 1.11 bits per heavy atom. The van der Waals surface area contributed by atoms with E-state index in [1.54, 1.807) is 18.2 Å². The average Bonchev–Trinajstić information content (AvgIpc) is 2.45. The SMILES string of the molecule is O=C(O)c1ccccc1/C=N/OCc1ccccc1. The molecule has 0 amide bonds. The van der Waals surface area contributed by atoms with E-state index in [4.69, 9.17) is 9.94 Å². The lowest BCUT2D eigenvalue weighted by Crippen LogP contribution is -2.01. The Morgan fingerprint density at radius 2 is 1.79 bits per heavy atom. The van der Waals surface area contributed by atoms with Crippen molar-refractivity contribution in [2.45, 2.75) is 6.61 Å². The highest BCUT2D eigenvalue weighted by Crippen LogP contribution is 2.06. The van der Waals surface area contributed by atoms with Crippen molar-refractivity contribution in [2.24, 2.45) is 5.16 Å². The van der Waals surface area contributed by atoms with Gasteiger partial charge in [0.15, 0.2) is 0 Å². The third kappa shape index (κ3) is 3.67. The lowest BCUT2D eigenvalue weighted by atomic mass is 10.1. The number of aromatic carboxylic acids is 1. The molecule has 1 N–H and O–H groups in total. The number of benzene rings is 2. The average molecular weight is 255 g/mol. The van der Waals surface area contributed by atoms with Crippen LogP contribution in [0.15, 0.2) is 59.8 Å². The maximum atomic E-state index is 11.0. The number of carboxylic acid groups (broad SMARTS) is 1. The van der Waals surface area contributed by atoms with Crippen molar-refractivity contribution in [1.29, 1.82) is 0 Å². The largest absolute Gasteiger partial charge is 0.478 e. The van der Waals surface area contributed by atoms with E-state index in [0.717, 1.165) is 5.56 Å². The van der Waals surface area contributed by atoms with Crippen LogP contribution < -0.4 is 0 Å². The van der Waals surface area contributed by atoms with Crippen LogP contribution in [0.4, 0.5) is 0 Å². The summed E-state index contributed by atoms with van der Waals surface area (Å²) in [5, 5.41) is 12.8. The summed E-state index contributed by atoms with van der Waals surface area (Å²) in [7, 11) is 0. The lowest BCUT2D eigenvalue weighted by molar-refractivity contribution is 0.0696. The van der Waals surface area contributed by atoms with Gasteiger partial charge in [0.25, 0.3) is 0 Å². The summed E-state index contributed by atoms with van der Waals surface area (Å²) in [6, 6.07) is 16.3. The molecule has 2 aromatic rings. The standard InChI is InChI=1S/C15H13NO3/c17-15(18)14-9-5-4-8-13(14)10-16-19-11-12-6-2-1-3-7-12/h1-10H,11H2,(H,17,18)/b16-10+. The van der Waals surface area contributed by atoms with Gasteiger partial charge < -0.3 is 9.94 Å². The molecule has 0 radical (unpaired) electrons. The minimum absolute atomic E-state index is 0.203. The summed E-state index contributed by atoms with van der Waals surface area (Å²) in [5.41, 5.74) is 1.73. The zero-order valence-corrected chi connectivity index (χ0v) is 10.2. The molecule has 96 valence electrons. The van der Waals surface area contributed by atoms with E-state index in [0.29, 0.717) is 12.2 Å². The number of nitrogens with zero attached hydrogens (tertiary/aromatic N) is 1. The molecule has 4 nitrogen and oxygen atoms in total. The molecule has 0 heterocycles. The van der Waals surface area contributed by atoms with E-state index in [-0.39, 0.29) is 5.56 Å². The topological polar surface area (TPSA) is 58.9 Å². The molecule has 0 saturated heterocycles. The van der Waals surface area contributed by atoms with Crippen molar-refractivity contribution in [3.8, 4) is 0 Å². The number of carboxylic acids is 1. The van der Waals surface area contributed by atoms with E-state index in [9.17, 15) is 4.79 Å². The van der Waals surface area contributed by atoms with Gasteiger partial charge in [-0.2, -0.15) is 0 Å². The molecule has 0 unspecified atom stereocenters. The fourth-order valence-corrected chi connectivity index (χ4v) is 1.58. The Hall–Kier alpha value is -2.62. The molecule has 4 heteroatoms. The van der Waals surface area contributed by atoms with Crippen molar-refractivity contribution in [3.63, 3.8) is 0 Å². The molecular formula is C15H13NO3. The number of oxime groups is 1. The maximum absolute atomic E-state index is 11.0. The summed E-state index contributed by atoms with van der Waals surface area (Å²) in [4.78, 5) is 16.1. The van der Waals surface area contributed by atoms with Crippen molar-refractivity contribution >= 4 is 12.2 Å². The summed E-state index contributed by atoms with van der Waals surface area (Å²) < 4.78 is 0. The molecule has 0 aliphatic carbocycles. The molecular weight excluding hydrogens is 242 g/mol. The first-order chi connectivity index (χ1) is 9.27. The van der Waals surface area contributed by atoms with Crippen molar-refractivity contribution in [2.75, 3.05) is 0 Å². The molecule has 0 fully saturated rings. The van der Waals surface area contributed by atoms with Gasteiger partial charge in [-0.15, -0.1) is 0 Å². The van der Waals surface area contributed by atoms with E-state index >= 15 is 0 Å². The van der Waals surface area contributed by atoms with Gasteiger partial charge in [0.2, 0.25) is 0 Å². The number of carbonyl (C=O) groups is 1. The summed E-state index contributed by atoms with van der Waals surface area (Å²) in [6.07, 6.45) is 1.41. The normalized spacial score (nSPS) is 10.5. The predicted molar refractivity (Wildman–Crippen MR) is 72.2 cm³/mol. The summed E-state index contributed by atoms with van der Waals surface area (Å²) >= 11 is 0. The molecule has 2 rings (SSSR count). The summed E-state index contributed by atoms with van der Waals surface area (Å²) in [6.45, 7) is 0.354. The van der Waals surface area contributed by atoms with Crippen molar-refractivity contribution < 1.29 is 14.7 Å². The fourth-order valence-electron chi connectivity index (χ4n) is 1.58. The lowest BCUT2D eigenvalue weighted by Gasteiger charge is -2.01. The third-order valence-corrected chi connectivity index (χ3v) is 2.53. The van der Waals surface area contributed by atoms with Crippen LogP contribution in [0.25, 0.3) is 0 Å². The van der Waals surface area contributed by atoms with Crippen LogP contribution in [0.1, 0.15) is 21.5 Å². The smallest absolute Gasteiger partial charge is 0.336 e. The van der Waals surface area contributed by atoms with Crippen LogP contribution in [-0.2, 0) is 11.4 Å². The molecule has 0 aromatic heterocycles. The molecule has 2 aromatic carbocycles. The molecule has 19 heavy (non-hydrogen) atoms. The molecule has 0 aliphatic heterocycles. The van der Waals surface area contributed by atoms with E-state index in [2.05, 4.69) is 5.16 Å². The third-order valence-electron chi connectivity index (χ3n) is 2.53. The Morgan fingerprint density at radius 3 is 2.53 bits per heavy atom. The minimum atomic E-state index is -0.981. The van der Waals surface area contributed by atoms with Crippen molar-refractivity contribution in [3.05, 3.63) is 71.3 Å². The number of hydrogen-bond donors (Lipinski definition) is 1. The first kappa shape index (κ1) is 12.8. The van der Waals surface area contributed by atoms with E-state index < -0.39 is 5.97 Å². The second kappa shape index (κ2) is 6.35. The van der Waals surface area contributed by atoms with Crippen LogP contribution in [0.3, 0.4) is 0 Å². The van der Waals surface area contributed by atoms with Gasteiger partial charge in [0, 0.05) is 5.56 Å². The zero-order valence-electron chi connectivity index (χ0n) is 10.2. The first-order valence-electron chi connectivity index (χ1n) is 5.79. The fraction of sp³-hybridized carbons (Fsp3) is 0.0667. The maximum Gasteiger partial charge on any atom is 0.336 e. The molecule has 0 spiro atoms. The quantitative estimate of drug-likeness (QED) is 0.660. The van der Waals surface area contributed by atoms with E-state index in [1.807, 2.05) is 30.3 Å². The number of hydrogen-bond acceptors (Lipinski definition) is 3. The van der Waals surface area contributed by atoms with Crippen LogP contribution in [0, 0.1) is 0 Å². The van der Waals surface area contributed by atoms with Crippen LogP contribution >= 0.6 is 0 Å². The van der Waals surface area contributed by atoms with Gasteiger partial charge >= 0.3 is 5.97 Å². The van der Waals surface area contributed by atoms with Gasteiger partial charge in [-0.3, -0.25) is 0 Å². The molecule has 0 bridgehead atoms. The Kier molecular flexibility index (Phi) is 4.29. The van der Waals surface area contributed by atoms with Gasteiger partial charge in [-0.25, -0.2) is 4.79 Å². The zero-order chi connectivity index (χ0) is 13.5. The van der Waals surface area contributed by atoms with Crippen LogP contribution in [0.5, 0.6) is 0 Å². The second-order valence-corrected chi connectivity index (χ2v) is 3.89. The Labute approximate surface area is 111 Å². The predicted octanol–water partition coefficient (Wildman–Crippen LogP) is 2.94. The van der Waals surface area contributed by atoms with Crippen LogP contribution in [-0.4, -0.2) is 17.3 Å². The van der Waals surface area contributed by atoms with Crippen molar-refractivity contribution in [1.82, 2.24) is 0 Å². The van der Waals surface area contributed by atoms with Gasteiger partial charge in [-0.05, 0) is 11.6 Å². The molecule has 0 atom stereocenters. The highest BCUT2D eigenvalue weighted by molar-refractivity contribution is 5.98. The van der Waals surface area contributed by atoms with Gasteiger partial charge in [0.05, 0.1) is 11.8 Å². The molecule has 0 saturated carbocycles. The second-order valence-electron chi connectivity index (χ2n) is 3.89. The first-order valence-corrected chi connectivity index (χ1v) is 5.79. The van der Waals surface area contributed by atoms with Crippen LogP contribution in [0.2, 0.25) is 0 Å². The van der Waals surface area contributed by atoms with Gasteiger partial charge in [-0.1, -0.05) is 53.7 Å². The van der Waals surface area contributed by atoms with E-state index in [1.165, 1.54) is 12.3 Å².